The molecule has 0 saturated carbocycles. The Kier molecular flexibility index (Phi) is 3.99. The summed E-state index contributed by atoms with van der Waals surface area (Å²) in [4.78, 5) is 4.00. The van der Waals surface area contributed by atoms with Crippen LogP contribution in [0.1, 0.15) is 38.3 Å². The summed E-state index contributed by atoms with van der Waals surface area (Å²) >= 11 is 0. The zero-order chi connectivity index (χ0) is 17.6. The van der Waals surface area contributed by atoms with Crippen LogP contribution >= 0.6 is 0 Å². The van der Waals surface area contributed by atoms with E-state index in [-0.39, 0.29) is 43.3 Å². The normalized spacial score (nSPS) is 31.0. The lowest BCUT2D eigenvalue weighted by molar-refractivity contribution is -0.0318. The highest BCUT2D eigenvalue weighted by molar-refractivity contribution is 5.62. The van der Waals surface area contributed by atoms with Crippen molar-refractivity contribution < 1.29 is 13.5 Å². The molecule has 6 nitrogen and oxygen atoms in total. The Morgan fingerprint density at radius 2 is 2.00 bits per heavy atom. The van der Waals surface area contributed by atoms with Crippen LogP contribution in [0.25, 0.3) is 0 Å². The number of rotatable bonds is 2. The molecular weight excluding hydrogens is 328 g/mol. The minimum absolute atomic E-state index is 0.192. The van der Waals surface area contributed by atoms with Gasteiger partial charge in [-0.2, -0.15) is 5.26 Å². The van der Waals surface area contributed by atoms with Gasteiger partial charge in [0.25, 0.3) is 5.92 Å². The first kappa shape index (κ1) is 16.5. The summed E-state index contributed by atoms with van der Waals surface area (Å²) in [7, 11) is 0. The average molecular weight is 349 g/mol. The first-order valence-corrected chi connectivity index (χ1v) is 8.78. The number of nitrogens with zero attached hydrogens (tertiary/aromatic N) is 5. The number of ether oxygens (including phenoxy) is 1. The standard InChI is InChI=1S/C17H21F2N5O/c1-11-7-17(18,19)4-5-24(11)15-6-16(22-21-14(15)8-20)23-9-12-2-3-13(10-23)25-12/h6,11-13H,2-5,7,9-10H2,1H3. The van der Waals surface area contributed by atoms with Crippen molar-refractivity contribution in [1.82, 2.24) is 10.2 Å². The zero-order valence-corrected chi connectivity index (χ0v) is 14.2. The molecule has 3 aliphatic rings. The Balaban J connectivity index is 1.62. The van der Waals surface area contributed by atoms with Gasteiger partial charge in [-0.05, 0) is 19.8 Å². The average Bonchev–Trinajstić information content (AvgIpc) is 2.91. The minimum Gasteiger partial charge on any atom is -0.371 e. The van der Waals surface area contributed by atoms with E-state index < -0.39 is 5.92 Å². The SMILES string of the molecule is CC1CC(F)(F)CCN1c1cc(N2CC3CCC(C2)O3)nnc1C#N. The number of anilines is 2. The van der Waals surface area contributed by atoms with Crippen LogP contribution in [0.5, 0.6) is 0 Å². The Morgan fingerprint density at radius 1 is 1.28 bits per heavy atom. The summed E-state index contributed by atoms with van der Waals surface area (Å²) in [6.45, 7) is 3.49. The predicted octanol–water partition coefficient (Wildman–Crippen LogP) is 2.34. The molecule has 3 fully saturated rings. The van der Waals surface area contributed by atoms with E-state index in [1.54, 1.807) is 6.92 Å². The molecule has 3 unspecified atom stereocenters. The Bertz CT molecular complexity index is 695. The minimum atomic E-state index is -2.64. The fourth-order valence-electron chi connectivity index (χ4n) is 4.13. The Hall–Kier alpha value is -2.01. The second-order valence-corrected chi connectivity index (χ2v) is 7.26. The first-order chi connectivity index (χ1) is 11.9. The molecule has 3 aliphatic heterocycles. The maximum absolute atomic E-state index is 13.6. The second kappa shape index (κ2) is 6.06. The van der Waals surface area contributed by atoms with Crippen LogP contribution in [0.3, 0.4) is 0 Å². The molecular formula is C17H21F2N5O. The van der Waals surface area contributed by atoms with Crippen molar-refractivity contribution in [1.29, 1.82) is 5.26 Å². The van der Waals surface area contributed by atoms with Crippen molar-refractivity contribution in [3.63, 3.8) is 0 Å². The quantitative estimate of drug-likeness (QED) is 0.817. The van der Waals surface area contributed by atoms with Gasteiger partial charge in [0.2, 0.25) is 0 Å². The first-order valence-electron chi connectivity index (χ1n) is 8.78. The van der Waals surface area contributed by atoms with Crippen LogP contribution in [-0.4, -0.2) is 54.0 Å². The molecule has 3 saturated heterocycles. The number of alkyl halides is 2. The number of morpholine rings is 1. The molecule has 3 atom stereocenters. The third-order valence-corrected chi connectivity index (χ3v) is 5.39. The van der Waals surface area contributed by atoms with E-state index in [0.29, 0.717) is 11.5 Å². The molecule has 4 heterocycles. The fraction of sp³-hybridized carbons (Fsp3) is 0.706. The lowest BCUT2D eigenvalue weighted by Gasteiger charge is -2.39. The molecule has 2 bridgehead atoms. The number of halogens is 2. The second-order valence-electron chi connectivity index (χ2n) is 7.26. The molecule has 0 aliphatic carbocycles. The molecule has 134 valence electrons. The van der Waals surface area contributed by atoms with Crippen molar-refractivity contribution in [2.45, 2.75) is 56.8 Å². The van der Waals surface area contributed by atoms with E-state index in [0.717, 1.165) is 25.9 Å². The van der Waals surface area contributed by atoms with Crippen LogP contribution in [0.2, 0.25) is 0 Å². The largest absolute Gasteiger partial charge is 0.371 e. The van der Waals surface area contributed by atoms with Crippen LogP contribution in [0, 0.1) is 11.3 Å². The summed E-state index contributed by atoms with van der Waals surface area (Å²) in [5.74, 6) is -1.95. The van der Waals surface area contributed by atoms with E-state index in [4.69, 9.17) is 4.74 Å². The van der Waals surface area contributed by atoms with Gasteiger partial charge in [-0.3, -0.25) is 0 Å². The molecule has 1 aromatic rings. The van der Waals surface area contributed by atoms with E-state index in [1.165, 1.54) is 0 Å². The van der Waals surface area contributed by atoms with Gasteiger partial charge in [0, 0.05) is 44.6 Å². The lowest BCUT2D eigenvalue weighted by atomic mass is 9.99. The molecule has 25 heavy (non-hydrogen) atoms. The summed E-state index contributed by atoms with van der Waals surface area (Å²) in [6, 6.07) is 3.52. The van der Waals surface area contributed by atoms with Crippen LogP contribution in [-0.2, 0) is 4.74 Å². The molecule has 1 aromatic heterocycles. The van der Waals surface area contributed by atoms with Gasteiger partial charge in [0.1, 0.15) is 6.07 Å². The number of hydrogen-bond acceptors (Lipinski definition) is 6. The molecule has 0 aromatic carbocycles. The number of nitriles is 1. The summed E-state index contributed by atoms with van der Waals surface area (Å²) in [5, 5.41) is 17.6. The lowest BCUT2D eigenvalue weighted by Crippen LogP contribution is -2.46. The number of piperidine rings is 1. The third kappa shape index (κ3) is 3.13. The highest BCUT2D eigenvalue weighted by atomic mass is 19.3. The van der Waals surface area contributed by atoms with Crippen LogP contribution in [0.15, 0.2) is 6.07 Å². The van der Waals surface area contributed by atoms with Crippen molar-refractivity contribution in [3.05, 3.63) is 11.8 Å². The highest BCUT2D eigenvalue weighted by Crippen LogP contribution is 2.36. The molecule has 8 heteroatoms. The van der Waals surface area contributed by atoms with Crippen molar-refractivity contribution in [2.75, 3.05) is 29.4 Å². The highest BCUT2D eigenvalue weighted by Gasteiger charge is 2.40. The smallest absolute Gasteiger partial charge is 0.251 e. The fourth-order valence-corrected chi connectivity index (χ4v) is 4.13. The van der Waals surface area contributed by atoms with Gasteiger partial charge in [-0.25, -0.2) is 8.78 Å². The molecule has 4 rings (SSSR count). The third-order valence-electron chi connectivity index (χ3n) is 5.39. The number of aromatic nitrogens is 2. The van der Waals surface area contributed by atoms with E-state index >= 15 is 0 Å². The molecule has 0 amide bonds. The van der Waals surface area contributed by atoms with Gasteiger partial charge in [0.05, 0.1) is 17.9 Å². The van der Waals surface area contributed by atoms with Crippen LogP contribution < -0.4 is 9.80 Å². The van der Waals surface area contributed by atoms with E-state index in [2.05, 4.69) is 15.1 Å². The number of fused-ring (bicyclic) bond motifs is 2. The Labute approximate surface area is 145 Å². The van der Waals surface area contributed by atoms with Crippen molar-refractivity contribution in [3.8, 4) is 6.07 Å². The van der Waals surface area contributed by atoms with E-state index in [1.807, 2.05) is 17.0 Å². The predicted molar refractivity (Wildman–Crippen MR) is 87.8 cm³/mol. The van der Waals surface area contributed by atoms with Gasteiger partial charge in [-0.1, -0.05) is 0 Å². The topological polar surface area (TPSA) is 65.3 Å². The van der Waals surface area contributed by atoms with Gasteiger partial charge in [-0.15, -0.1) is 10.2 Å². The maximum atomic E-state index is 13.6. The summed E-state index contributed by atoms with van der Waals surface area (Å²) < 4.78 is 33.1. The molecule has 0 spiro atoms. The Morgan fingerprint density at radius 3 is 2.64 bits per heavy atom. The summed E-state index contributed by atoms with van der Waals surface area (Å²) in [5.41, 5.74) is 0.798. The monoisotopic (exact) mass is 349 g/mol. The van der Waals surface area contributed by atoms with Gasteiger partial charge in [0.15, 0.2) is 11.5 Å². The van der Waals surface area contributed by atoms with Crippen molar-refractivity contribution >= 4 is 11.5 Å². The van der Waals surface area contributed by atoms with Crippen LogP contribution in [0.4, 0.5) is 20.3 Å². The molecule has 0 N–H and O–H groups in total. The summed E-state index contributed by atoms with van der Waals surface area (Å²) in [6.07, 6.45) is 2.12. The number of hydrogen-bond donors (Lipinski definition) is 0. The van der Waals surface area contributed by atoms with Crippen molar-refractivity contribution in [2.24, 2.45) is 0 Å². The maximum Gasteiger partial charge on any atom is 0.251 e. The molecule has 0 radical (unpaired) electrons. The zero-order valence-electron chi connectivity index (χ0n) is 14.2. The van der Waals surface area contributed by atoms with E-state index in [9.17, 15) is 14.0 Å². The van der Waals surface area contributed by atoms with Gasteiger partial charge >= 0.3 is 0 Å². The van der Waals surface area contributed by atoms with Gasteiger partial charge < -0.3 is 14.5 Å².